The Kier molecular flexibility index (Phi) is 5.31. The van der Waals surface area contributed by atoms with Crippen LogP contribution >= 0.6 is 11.6 Å². The molecule has 2 aromatic heterocycles. The van der Waals surface area contributed by atoms with Crippen LogP contribution in [0.2, 0.25) is 5.02 Å². The fraction of sp³-hybridized carbons (Fsp3) is 0.214. The van der Waals surface area contributed by atoms with Crippen molar-refractivity contribution in [2.24, 2.45) is 0 Å². The highest BCUT2D eigenvalue weighted by Gasteiger charge is 2.43. The number of rotatable bonds is 5. The molecule has 186 valence electrons. The van der Waals surface area contributed by atoms with Gasteiger partial charge < -0.3 is 15.2 Å². The summed E-state index contributed by atoms with van der Waals surface area (Å²) < 4.78 is 0. The molecule has 3 N–H and O–H groups in total. The average molecular weight is 513 g/mol. The number of aromatic nitrogens is 4. The van der Waals surface area contributed by atoms with Gasteiger partial charge in [-0.25, -0.2) is 4.98 Å². The number of hydrogen-bond donors (Lipinski definition) is 3. The van der Waals surface area contributed by atoms with Crippen LogP contribution in [-0.2, 0) is 16.8 Å². The van der Waals surface area contributed by atoms with Crippen molar-refractivity contribution in [1.29, 1.82) is 0 Å². The normalized spacial score (nSPS) is 14.5. The summed E-state index contributed by atoms with van der Waals surface area (Å²) in [5.41, 5.74) is 5.72. The van der Waals surface area contributed by atoms with Gasteiger partial charge in [-0.2, -0.15) is 5.10 Å². The lowest BCUT2D eigenvalue weighted by molar-refractivity contribution is -0.122. The molecule has 0 spiro atoms. The summed E-state index contributed by atoms with van der Waals surface area (Å²) in [6.45, 7) is 6.85. The number of benzene rings is 3. The maximum Gasteiger partial charge on any atom is 0.251 e. The third-order valence-electron chi connectivity index (χ3n) is 7.05. The van der Waals surface area contributed by atoms with Gasteiger partial charge in [0.1, 0.15) is 5.69 Å². The van der Waals surface area contributed by atoms with E-state index < -0.39 is 5.41 Å². The van der Waals surface area contributed by atoms with E-state index in [0.717, 1.165) is 38.8 Å². The quantitative estimate of drug-likeness (QED) is 0.295. The van der Waals surface area contributed by atoms with Gasteiger partial charge in [-0.05, 0) is 74.4 Å². The Hall–Kier alpha value is -4.17. The van der Waals surface area contributed by atoms with Crippen molar-refractivity contribution in [3.05, 3.63) is 76.3 Å². The van der Waals surface area contributed by atoms with E-state index in [0.29, 0.717) is 35.2 Å². The number of carbonyl (C=O) groups excluding carboxylic acids is 2. The largest absolute Gasteiger partial charge is 0.348 e. The van der Waals surface area contributed by atoms with Crippen LogP contribution in [0, 0.1) is 0 Å². The molecule has 0 atom stereocenters. The molecule has 5 aromatic rings. The van der Waals surface area contributed by atoms with Gasteiger partial charge in [0, 0.05) is 29.1 Å². The molecule has 9 heteroatoms. The Morgan fingerprint density at radius 3 is 2.73 bits per heavy atom. The molecular weight excluding hydrogens is 488 g/mol. The first-order chi connectivity index (χ1) is 17.8. The predicted octanol–water partition coefficient (Wildman–Crippen LogP) is 5.33. The van der Waals surface area contributed by atoms with Crippen LogP contribution in [-0.4, -0.2) is 38.5 Å². The smallest absolute Gasteiger partial charge is 0.251 e. The molecule has 6 rings (SSSR count). The Morgan fingerprint density at radius 2 is 1.95 bits per heavy atom. The van der Waals surface area contributed by atoms with Crippen molar-refractivity contribution in [3.8, 4) is 11.5 Å². The summed E-state index contributed by atoms with van der Waals surface area (Å²) in [7, 11) is 0. The Balaban J connectivity index is 1.34. The Bertz CT molecular complexity index is 1720. The second-order valence-corrected chi connectivity index (χ2v) is 10.2. The average Bonchev–Trinajstić information content (AvgIpc) is 3.54. The molecular formula is C28H25ClN6O2. The van der Waals surface area contributed by atoms with E-state index in [1.165, 1.54) is 0 Å². The van der Waals surface area contributed by atoms with Gasteiger partial charge in [-0.3, -0.25) is 14.7 Å². The number of likely N-dealkylation sites (N-methyl/N-ethyl adjacent to an activating group) is 1. The molecule has 1 aliphatic rings. The fourth-order valence-corrected chi connectivity index (χ4v) is 5.24. The minimum atomic E-state index is -0.606. The second-order valence-electron chi connectivity index (χ2n) is 9.79. The standard InChI is InChI=1S/C28H25ClN6O2/c1-4-35-23-13-22-21(12-19(23)28(2,3)27(35)37)31-25(32-22)24-18-11-16(8-9-20(18)33-34-24)26(36)30-14-15-6-5-7-17(29)10-15/h5-13H,4,14H2,1-3H3,(H,30,36)(H,31,32)(H,33,34). The number of fused-ring (bicyclic) bond motifs is 3. The molecule has 0 bridgehead atoms. The van der Waals surface area contributed by atoms with Gasteiger partial charge in [0.2, 0.25) is 5.91 Å². The van der Waals surface area contributed by atoms with E-state index in [2.05, 4.69) is 20.5 Å². The van der Waals surface area contributed by atoms with E-state index >= 15 is 0 Å². The summed E-state index contributed by atoms with van der Waals surface area (Å²) in [6.07, 6.45) is 0. The van der Waals surface area contributed by atoms with E-state index in [9.17, 15) is 9.59 Å². The number of H-pyrrole nitrogens is 2. The number of halogens is 1. The molecule has 2 amide bonds. The summed E-state index contributed by atoms with van der Waals surface area (Å²) in [6, 6.07) is 16.8. The van der Waals surface area contributed by atoms with Crippen molar-refractivity contribution in [1.82, 2.24) is 25.5 Å². The molecule has 8 nitrogen and oxygen atoms in total. The van der Waals surface area contributed by atoms with Gasteiger partial charge in [-0.15, -0.1) is 0 Å². The van der Waals surface area contributed by atoms with Crippen LogP contribution in [0.5, 0.6) is 0 Å². The minimum Gasteiger partial charge on any atom is -0.348 e. The summed E-state index contributed by atoms with van der Waals surface area (Å²) in [4.78, 5) is 35.8. The number of amides is 2. The summed E-state index contributed by atoms with van der Waals surface area (Å²) in [5.74, 6) is 0.493. The number of anilines is 1. The molecule has 0 aliphatic carbocycles. The maximum atomic E-state index is 12.9. The third kappa shape index (κ3) is 3.76. The first kappa shape index (κ1) is 23.2. The monoisotopic (exact) mass is 512 g/mol. The highest BCUT2D eigenvalue weighted by atomic mass is 35.5. The predicted molar refractivity (Wildman–Crippen MR) is 145 cm³/mol. The molecule has 3 aromatic carbocycles. The van der Waals surface area contributed by atoms with Gasteiger partial charge >= 0.3 is 0 Å². The van der Waals surface area contributed by atoms with Crippen LogP contribution in [0.1, 0.15) is 42.3 Å². The zero-order valence-electron chi connectivity index (χ0n) is 20.6. The Labute approximate surface area is 218 Å². The first-order valence-electron chi connectivity index (χ1n) is 12.1. The van der Waals surface area contributed by atoms with Crippen LogP contribution in [0.15, 0.2) is 54.6 Å². The van der Waals surface area contributed by atoms with Gasteiger partial charge in [0.05, 0.1) is 27.7 Å². The minimum absolute atomic E-state index is 0.0948. The molecule has 0 fully saturated rings. The number of hydrogen-bond acceptors (Lipinski definition) is 4. The number of imidazole rings is 1. The molecule has 0 unspecified atom stereocenters. The highest BCUT2D eigenvalue weighted by molar-refractivity contribution is 6.30. The van der Waals surface area contributed by atoms with Crippen molar-refractivity contribution in [3.63, 3.8) is 0 Å². The van der Waals surface area contributed by atoms with Crippen LogP contribution < -0.4 is 10.2 Å². The number of carbonyl (C=O) groups is 2. The molecule has 0 saturated heterocycles. The van der Waals surface area contributed by atoms with Gasteiger partial charge in [0.15, 0.2) is 5.82 Å². The third-order valence-corrected chi connectivity index (χ3v) is 7.29. The molecule has 1 aliphatic heterocycles. The van der Waals surface area contributed by atoms with E-state index in [1.54, 1.807) is 12.1 Å². The lowest BCUT2D eigenvalue weighted by atomic mass is 9.86. The van der Waals surface area contributed by atoms with Crippen molar-refractivity contribution < 1.29 is 9.59 Å². The fourth-order valence-electron chi connectivity index (χ4n) is 5.02. The van der Waals surface area contributed by atoms with Crippen molar-refractivity contribution in [2.75, 3.05) is 11.4 Å². The number of nitrogens with one attached hydrogen (secondary N) is 3. The van der Waals surface area contributed by atoms with Crippen molar-refractivity contribution in [2.45, 2.75) is 32.7 Å². The summed E-state index contributed by atoms with van der Waals surface area (Å²) >= 11 is 6.05. The second kappa shape index (κ2) is 8.45. The SMILES string of the molecule is CCN1C(=O)C(C)(C)c2cc3nc(-c4n[nH]c5ccc(C(=O)NCc6cccc(Cl)c6)cc45)[nH]c3cc21. The van der Waals surface area contributed by atoms with Gasteiger partial charge in [-0.1, -0.05) is 23.7 Å². The summed E-state index contributed by atoms with van der Waals surface area (Å²) in [5, 5.41) is 11.9. The maximum absolute atomic E-state index is 12.9. The topological polar surface area (TPSA) is 107 Å². The lowest BCUT2D eigenvalue weighted by Crippen LogP contribution is -2.35. The molecule has 3 heterocycles. The number of aromatic amines is 2. The molecule has 0 saturated carbocycles. The van der Waals surface area contributed by atoms with E-state index in [-0.39, 0.29) is 11.8 Å². The lowest BCUT2D eigenvalue weighted by Gasteiger charge is -2.18. The number of nitrogens with zero attached hydrogens (tertiary/aromatic N) is 3. The Morgan fingerprint density at radius 1 is 1.11 bits per heavy atom. The van der Waals surface area contributed by atoms with Gasteiger partial charge in [0.25, 0.3) is 5.91 Å². The van der Waals surface area contributed by atoms with Crippen molar-refractivity contribution >= 4 is 51.0 Å². The van der Waals surface area contributed by atoms with Crippen LogP contribution in [0.4, 0.5) is 5.69 Å². The highest BCUT2D eigenvalue weighted by Crippen LogP contribution is 2.43. The first-order valence-corrected chi connectivity index (χ1v) is 12.5. The van der Waals surface area contributed by atoms with E-state index in [1.807, 2.05) is 68.1 Å². The van der Waals surface area contributed by atoms with E-state index in [4.69, 9.17) is 16.6 Å². The van der Waals surface area contributed by atoms with Crippen LogP contribution in [0.3, 0.4) is 0 Å². The molecule has 37 heavy (non-hydrogen) atoms. The van der Waals surface area contributed by atoms with Crippen LogP contribution in [0.25, 0.3) is 33.5 Å². The zero-order valence-corrected chi connectivity index (χ0v) is 21.4. The zero-order chi connectivity index (χ0) is 25.9. The molecule has 0 radical (unpaired) electrons.